The summed E-state index contributed by atoms with van der Waals surface area (Å²) in [6.07, 6.45) is 5.10. The zero-order valence-corrected chi connectivity index (χ0v) is 13.1. The number of nitrogens with two attached hydrogens (primary N) is 1. The molecule has 1 aromatic carbocycles. The second-order valence-corrected chi connectivity index (χ2v) is 6.58. The topological polar surface area (TPSA) is 38.9 Å². The van der Waals surface area contributed by atoms with E-state index in [0.717, 1.165) is 31.2 Å². The van der Waals surface area contributed by atoms with Gasteiger partial charge in [0.2, 0.25) is 0 Å². The Morgan fingerprint density at radius 3 is 2.50 bits per heavy atom. The molecule has 0 atom stereocenters. The molecule has 0 unspecified atom stereocenters. The lowest BCUT2D eigenvalue weighted by atomic mass is 10.0. The number of fused-ring (bicyclic) bond motifs is 1. The number of hydrogen-bond acceptors (Lipinski definition) is 2. The summed E-state index contributed by atoms with van der Waals surface area (Å²) in [5.41, 5.74) is 9.13. The summed E-state index contributed by atoms with van der Waals surface area (Å²) in [5, 5.41) is 1.01. The maximum Gasteiger partial charge on any atom is 0.0879 e. The molecular weight excluding hydrogens is 356 g/mol. The highest BCUT2D eigenvalue weighted by atomic mass is 79.9. The highest BCUT2D eigenvalue weighted by Gasteiger charge is 2.20. The molecule has 4 heteroatoms. The van der Waals surface area contributed by atoms with Gasteiger partial charge in [0.1, 0.15) is 0 Å². The summed E-state index contributed by atoms with van der Waals surface area (Å²) in [7, 11) is 0. The summed E-state index contributed by atoms with van der Waals surface area (Å²) < 4.78 is 2.01. The first kappa shape index (κ1) is 12.4. The number of hydrogen-bond donors (Lipinski definition) is 1. The van der Waals surface area contributed by atoms with Crippen molar-refractivity contribution in [3.05, 3.63) is 32.8 Å². The van der Waals surface area contributed by atoms with Crippen LogP contribution in [0.1, 0.15) is 37.3 Å². The summed E-state index contributed by atoms with van der Waals surface area (Å²) in [6.45, 7) is 0. The van der Waals surface area contributed by atoms with Gasteiger partial charge in [0.05, 0.1) is 5.52 Å². The van der Waals surface area contributed by atoms with Crippen LogP contribution >= 0.6 is 31.9 Å². The van der Waals surface area contributed by atoms with E-state index < -0.39 is 0 Å². The molecule has 0 aliphatic heterocycles. The molecule has 3 rings (SSSR count). The molecule has 0 radical (unpaired) electrons. The largest absolute Gasteiger partial charge is 0.398 e. The second-order valence-electron chi connectivity index (χ2n) is 4.87. The van der Waals surface area contributed by atoms with Gasteiger partial charge >= 0.3 is 0 Å². The van der Waals surface area contributed by atoms with E-state index in [1.165, 1.54) is 25.7 Å². The molecule has 94 valence electrons. The number of nitrogens with zero attached hydrogens (tertiary/aromatic N) is 1. The Kier molecular flexibility index (Phi) is 3.32. The Balaban J connectivity index is 2.23. The van der Waals surface area contributed by atoms with Gasteiger partial charge in [0.25, 0.3) is 0 Å². The fraction of sp³-hybridized carbons (Fsp3) is 0.357. The fourth-order valence-electron chi connectivity index (χ4n) is 2.75. The molecular formula is C14H14Br2N2. The molecule has 0 amide bonds. The predicted octanol–water partition coefficient (Wildman–Crippen LogP) is 5.00. The van der Waals surface area contributed by atoms with Crippen LogP contribution in [0, 0.1) is 0 Å². The third-order valence-electron chi connectivity index (χ3n) is 3.68. The molecule has 1 fully saturated rings. The van der Waals surface area contributed by atoms with Crippen molar-refractivity contribution in [1.29, 1.82) is 0 Å². The Morgan fingerprint density at radius 1 is 1.11 bits per heavy atom. The first-order valence-corrected chi connectivity index (χ1v) is 7.79. The Bertz CT molecular complexity index is 604. The fourth-order valence-corrected chi connectivity index (χ4v) is 3.72. The van der Waals surface area contributed by atoms with E-state index in [9.17, 15) is 0 Å². The molecule has 1 aromatic heterocycles. The van der Waals surface area contributed by atoms with Gasteiger partial charge in [-0.15, -0.1) is 0 Å². The highest BCUT2D eigenvalue weighted by molar-refractivity contribution is 9.11. The van der Waals surface area contributed by atoms with Gasteiger partial charge in [-0.05, 0) is 47.0 Å². The molecule has 1 aliphatic rings. The van der Waals surface area contributed by atoms with Crippen LogP contribution in [-0.4, -0.2) is 4.98 Å². The van der Waals surface area contributed by atoms with Crippen LogP contribution in [0.25, 0.3) is 10.9 Å². The van der Waals surface area contributed by atoms with Crippen molar-refractivity contribution in [2.24, 2.45) is 0 Å². The van der Waals surface area contributed by atoms with Gasteiger partial charge < -0.3 is 5.73 Å². The van der Waals surface area contributed by atoms with E-state index in [4.69, 9.17) is 10.7 Å². The number of rotatable bonds is 1. The molecule has 1 saturated carbocycles. The van der Waals surface area contributed by atoms with E-state index in [2.05, 4.69) is 37.9 Å². The molecule has 1 aliphatic carbocycles. The minimum absolute atomic E-state index is 0.586. The predicted molar refractivity (Wildman–Crippen MR) is 82.8 cm³/mol. The quantitative estimate of drug-likeness (QED) is 0.768. The lowest BCUT2D eigenvalue weighted by Gasteiger charge is -2.13. The third kappa shape index (κ3) is 2.05. The standard InChI is InChI=1S/C14H14Br2N2/c15-9-5-6-10(16)14-13(9)11(17)7-12(18-14)8-3-1-2-4-8/h5-8H,1-4H2,(H2,17,18). The average Bonchev–Trinajstić information content (AvgIpc) is 2.87. The number of nitrogen functional groups attached to an aromatic ring is 1. The Hall–Kier alpha value is -0.610. The van der Waals surface area contributed by atoms with Crippen LogP contribution in [0.2, 0.25) is 0 Å². The molecule has 2 nitrogen and oxygen atoms in total. The van der Waals surface area contributed by atoms with Crippen LogP contribution in [-0.2, 0) is 0 Å². The second kappa shape index (κ2) is 4.82. The first-order chi connectivity index (χ1) is 8.66. The van der Waals surface area contributed by atoms with Crippen molar-refractivity contribution in [3.8, 4) is 0 Å². The van der Waals surface area contributed by atoms with Crippen molar-refractivity contribution < 1.29 is 0 Å². The van der Waals surface area contributed by atoms with Crippen LogP contribution in [0.15, 0.2) is 27.1 Å². The number of anilines is 1. The molecule has 0 bridgehead atoms. The van der Waals surface area contributed by atoms with E-state index in [0.29, 0.717) is 5.92 Å². The number of pyridine rings is 1. The maximum atomic E-state index is 6.20. The lowest BCUT2D eigenvalue weighted by Crippen LogP contribution is -2.00. The van der Waals surface area contributed by atoms with Crippen LogP contribution in [0.4, 0.5) is 5.69 Å². The summed E-state index contributed by atoms with van der Waals surface area (Å²) in [4.78, 5) is 4.82. The minimum atomic E-state index is 0.586. The van der Waals surface area contributed by atoms with Gasteiger partial charge in [-0.25, -0.2) is 0 Å². The normalized spacial score (nSPS) is 16.6. The molecule has 2 aromatic rings. The lowest BCUT2D eigenvalue weighted by molar-refractivity contribution is 0.701. The van der Waals surface area contributed by atoms with E-state index in [-0.39, 0.29) is 0 Å². The maximum absolute atomic E-state index is 6.20. The number of halogens is 2. The summed E-state index contributed by atoms with van der Waals surface area (Å²) >= 11 is 7.12. The van der Waals surface area contributed by atoms with Gasteiger partial charge in [0.15, 0.2) is 0 Å². The molecule has 0 saturated heterocycles. The van der Waals surface area contributed by atoms with Crippen molar-refractivity contribution >= 4 is 48.5 Å². The summed E-state index contributed by atoms with van der Waals surface area (Å²) in [5.74, 6) is 0.586. The van der Waals surface area contributed by atoms with Gasteiger partial charge in [-0.2, -0.15) is 0 Å². The minimum Gasteiger partial charge on any atom is -0.398 e. The Labute approximate surface area is 123 Å². The zero-order chi connectivity index (χ0) is 12.7. The van der Waals surface area contributed by atoms with E-state index in [1.807, 2.05) is 12.1 Å². The summed E-state index contributed by atoms with van der Waals surface area (Å²) in [6, 6.07) is 6.06. The van der Waals surface area contributed by atoms with Crippen molar-refractivity contribution in [1.82, 2.24) is 4.98 Å². The van der Waals surface area contributed by atoms with Crippen LogP contribution in [0.3, 0.4) is 0 Å². The number of aromatic nitrogens is 1. The van der Waals surface area contributed by atoms with Crippen molar-refractivity contribution in [2.75, 3.05) is 5.73 Å². The SMILES string of the molecule is Nc1cc(C2CCCC2)nc2c(Br)ccc(Br)c12. The third-order valence-corrected chi connectivity index (χ3v) is 4.98. The molecule has 0 spiro atoms. The zero-order valence-electron chi connectivity index (χ0n) is 9.92. The van der Waals surface area contributed by atoms with Gasteiger partial charge in [0, 0.05) is 31.6 Å². The average molecular weight is 370 g/mol. The van der Waals surface area contributed by atoms with Gasteiger partial charge in [-0.1, -0.05) is 28.8 Å². The molecule has 1 heterocycles. The first-order valence-electron chi connectivity index (χ1n) is 6.21. The number of benzene rings is 1. The van der Waals surface area contributed by atoms with Gasteiger partial charge in [-0.3, -0.25) is 4.98 Å². The van der Waals surface area contributed by atoms with Crippen molar-refractivity contribution in [3.63, 3.8) is 0 Å². The monoisotopic (exact) mass is 368 g/mol. The van der Waals surface area contributed by atoms with Crippen LogP contribution < -0.4 is 5.73 Å². The Morgan fingerprint density at radius 2 is 1.78 bits per heavy atom. The molecule has 2 N–H and O–H groups in total. The molecule has 18 heavy (non-hydrogen) atoms. The van der Waals surface area contributed by atoms with Crippen molar-refractivity contribution in [2.45, 2.75) is 31.6 Å². The van der Waals surface area contributed by atoms with E-state index in [1.54, 1.807) is 0 Å². The van der Waals surface area contributed by atoms with Crippen LogP contribution in [0.5, 0.6) is 0 Å². The van der Waals surface area contributed by atoms with E-state index >= 15 is 0 Å². The highest BCUT2D eigenvalue weighted by Crippen LogP contribution is 2.38. The smallest absolute Gasteiger partial charge is 0.0879 e.